The largest absolute Gasteiger partial charge is 0.376 e. The molecule has 0 saturated carbocycles. The summed E-state index contributed by atoms with van der Waals surface area (Å²) in [6.45, 7) is 0.816. The second kappa shape index (κ2) is 3.43. The van der Waals surface area contributed by atoms with Crippen molar-refractivity contribution < 1.29 is 4.74 Å². The average Bonchev–Trinajstić information content (AvgIpc) is 2.72. The van der Waals surface area contributed by atoms with Crippen LogP contribution in [0.3, 0.4) is 0 Å². The molecule has 0 spiro atoms. The maximum atomic E-state index is 6.00. The van der Waals surface area contributed by atoms with Crippen molar-refractivity contribution in [2.24, 2.45) is 12.8 Å². The van der Waals surface area contributed by atoms with E-state index in [1.807, 2.05) is 11.6 Å². The monoisotopic (exact) mass is 182 g/mol. The number of hydrogen-bond donors (Lipinski definition) is 1. The summed E-state index contributed by atoms with van der Waals surface area (Å²) >= 11 is 0. The van der Waals surface area contributed by atoms with Crippen LogP contribution in [0.1, 0.15) is 24.7 Å². The predicted molar refractivity (Wildman–Crippen MR) is 46.9 cm³/mol. The highest BCUT2D eigenvalue weighted by Crippen LogP contribution is 2.22. The van der Waals surface area contributed by atoms with E-state index in [2.05, 4.69) is 10.2 Å². The molecule has 1 fully saturated rings. The van der Waals surface area contributed by atoms with E-state index >= 15 is 0 Å². The van der Waals surface area contributed by atoms with Crippen molar-refractivity contribution in [3.63, 3.8) is 0 Å². The zero-order valence-corrected chi connectivity index (χ0v) is 7.68. The first-order chi connectivity index (χ1) is 6.29. The molecule has 1 aromatic heterocycles. The summed E-state index contributed by atoms with van der Waals surface area (Å²) in [5.41, 5.74) is 6.00. The van der Waals surface area contributed by atoms with Crippen LogP contribution in [0.5, 0.6) is 0 Å². The number of hydrogen-bond acceptors (Lipinski definition) is 4. The van der Waals surface area contributed by atoms with Crippen LogP contribution in [0, 0.1) is 0 Å². The van der Waals surface area contributed by atoms with Gasteiger partial charge in [-0.15, -0.1) is 10.2 Å². The summed E-state index contributed by atoms with van der Waals surface area (Å²) < 4.78 is 7.33. The van der Waals surface area contributed by atoms with Gasteiger partial charge < -0.3 is 15.0 Å². The summed E-state index contributed by atoms with van der Waals surface area (Å²) in [7, 11) is 1.89. The molecule has 0 radical (unpaired) electrons. The molecule has 0 amide bonds. The first-order valence-corrected chi connectivity index (χ1v) is 4.50. The molecule has 2 heterocycles. The van der Waals surface area contributed by atoms with Crippen LogP contribution in [-0.2, 0) is 11.8 Å². The molecule has 72 valence electrons. The van der Waals surface area contributed by atoms with E-state index in [4.69, 9.17) is 10.5 Å². The number of ether oxygens (including phenoxy) is 1. The Balaban J connectivity index is 2.12. The van der Waals surface area contributed by atoms with E-state index in [-0.39, 0.29) is 12.1 Å². The molecule has 1 aliphatic rings. The third-order valence-corrected chi connectivity index (χ3v) is 2.41. The van der Waals surface area contributed by atoms with E-state index < -0.39 is 0 Å². The topological polar surface area (TPSA) is 66.0 Å². The molecule has 1 saturated heterocycles. The van der Waals surface area contributed by atoms with Crippen LogP contribution in [0.2, 0.25) is 0 Å². The van der Waals surface area contributed by atoms with Crippen LogP contribution >= 0.6 is 0 Å². The van der Waals surface area contributed by atoms with Gasteiger partial charge in [-0.3, -0.25) is 0 Å². The molecule has 2 atom stereocenters. The van der Waals surface area contributed by atoms with Gasteiger partial charge in [0.25, 0.3) is 0 Å². The fourth-order valence-corrected chi connectivity index (χ4v) is 1.65. The van der Waals surface area contributed by atoms with Crippen LogP contribution in [-0.4, -0.2) is 27.5 Å². The van der Waals surface area contributed by atoms with Crippen LogP contribution in [0.25, 0.3) is 0 Å². The normalized spacial score (nSPS) is 24.9. The quantitative estimate of drug-likeness (QED) is 0.698. The maximum absolute atomic E-state index is 6.00. The van der Waals surface area contributed by atoms with E-state index in [0.29, 0.717) is 0 Å². The highest BCUT2D eigenvalue weighted by Gasteiger charge is 2.26. The van der Waals surface area contributed by atoms with Gasteiger partial charge in [0.1, 0.15) is 6.33 Å². The van der Waals surface area contributed by atoms with Gasteiger partial charge in [0.05, 0.1) is 12.1 Å². The number of rotatable bonds is 2. The zero-order chi connectivity index (χ0) is 9.26. The van der Waals surface area contributed by atoms with Crippen molar-refractivity contribution in [2.45, 2.75) is 25.0 Å². The van der Waals surface area contributed by atoms with E-state index in [0.717, 1.165) is 25.3 Å². The Labute approximate surface area is 76.9 Å². The molecule has 2 N–H and O–H groups in total. The minimum absolute atomic E-state index is 0.114. The highest BCUT2D eigenvalue weighted by atomic mass is 16.5. The summed E-state index contributed by atoms with van der Waals surface area (Å²) in [6.07, 6.45) is 3.89. The van der Waals surface area contributed by atoms with E-state index in [1.165, 1.54) is 0 Å². The molecular formula is C8H14N4O. The lowest BCUT2D eigenvalue weighted by atomic mass is 10.1. The minimum Gasteiger partial charge on any atom is -0.376 e. The van der Waals surface area contributed by atoms with Crippen molar-refractivity contribution in [3.8, 4) is 0 Å². The van der Waals surface area contributed by atoms with Crippen molar-refractivity contribution in [1.82, 2.24) is 14.8 Å². The van der Waals surface area contributed by atoms with Gasteiger partial charge in [0, 0.05) is 13.7 Å². The van der Waals surface area contributed by atoms with Crippen molar-refractivity contribution in [2.75, 3.05) is 6.61 Å². The minimum atomic E-state index is -0.144. The molecule has 0 aromatic carbocycles. The van der Waals surface area contributed by atoms with Gasteiger partial charge in [0.15, 0.2) is 5.82 Å². The van der Waals surface area contributed by atoms with Gasteiger partial charge >= 0.3 is 0 Å². The number of nitrogens with zero attached hydrogens (tertiary/aromatic N) is 3. The Morgan fingerprint density at radius 3 is 3.15 bits per heavy atom. The molecule has 1 aliphatic heterocycles. The number of aromatic nitrogens is 3. The third-order valence-electron chi connectivity index (χ3n) is 2.41. The lowest BCUT2D eigenvalue weighted by molar-refractivity contribution is 0.0868. The SMILES string of the molecule is Cn1cnnc1C(N)C1CCCO1. The second-order valence-electron chi connectivity index (χ2n) is 3.38. The number of nitrogens with two attached hydrogens (primary N) is 1. The van der Waals surface area contributed by atoms with Crippen LogP contribution in [0.15, 0.2) is 6.33 Å². The van der Waals surface area contributed by atoms with E-state index in [9.17, 15) is 0 Å². The van der Waals surface area contributed by atoms with Crippen LogP contribution < -0.4 is 5.73 Å². The summed E-state index contributed by atoms with van der Waals surface area (Å²) in [6, 6.07) is -0.144. The van der Waals surface area contributed by atoms with Crippen molar-refractivity contribution in [3.05, 3.63) is 12.2 Å². The Kier molecular flexibility index (Phi) is 2.28. The van der Waals surface area contributed by atoms with Crippen molar-refractivity contribution >= 4 is 0 Å². The molecule has 0 bridgehead atoms. The van der Waals surface area contributed by atoms with Crippen LogP contribution in [0.4, 0.5) is 0 Å². The Morgan fingerprint density at radius 2 is 2.62 bits per heavy atom. The molecular weight excluding hydrogens is 168 g/mol. The summed E-state index contributed by atoms with van der Waals surface area (Å²) in [5.74, 6) is 0.798. The second-order valence-corrected chi connectivity index (χ2v) is 3.38. The Bertz CT molecular complexity index is 279. The highest BCUT2D eigenvalue weighted by molar-refractivity contribution is 4.97. The first-order valence-electron chi connectivity index (χ1n) is 4.50. The predicted octanol–water partition coefficient (Wildman–Crippen LogP) is -0.00610. The smallest absolute Gasteiger partial charge is 0.152 e. The molecule has 0 aliphatic carbocycles. The van der Waals surface area contributed by atoms with Gasteiger partial charge in [-0.25, -0.2) is 0 Å². The molecule has 2 rings (SSSR count). The van der Waals surface area contributed by atoms with Gasteiger partial charge in [-0.05, 0) is 12.8 Å². The third kappa shape index (κ3) is 1.57. The lowest BCUT2D eigenvalue weighted by Gasteiger charge is -2.16. The standard InChI is InChI=1S/C8H14N4O/c1-12-5-10-11-8(12)7(9)6-3-2-4-13-6/h5-7H,2-4,9H2,1H3. The Morgan fingerprint density at radius 1 is 1.77 bits per heavy atom. The fraction of sp³-hybridized carbons (Fsp3) is 0.750. The summed E-state index contributed by atoms with van der Waals surface area (Å²) in [4.78, 5) is 0. The van der Waals surface area contributed by atoms with E-state index in [1.54, 1.807) is 6.33 Å². The first kappa shape index (κ1) is 8.65. The molecule has 5 nitrogen and oxygen atoms in total. The Hall–Kier alpha value is -0.940. The van der Waals surface area contributed by atoms with Gasteiger partial charge in [-0.1, -0.05) is 0 Å². The molecule has 5 heteroatoms. The summed E-state index contributed by atoms with van der Waals surface area (Å²) in [5, 5.41) is 7.76. The molecule has 2 unspecified atom stereocenters. The molecule has 1 aromatic rings. The fourth-order valence-electron chi connectivity index (χ4n) is 1.65. The maximum Gasteiger partial charge on any atom is 0.152 e. The average molecular weight is 182 g/mol. The lowest BCUT2D eigenvalue weighted by Crippen LogP contribution is -2.28. The van der Waals surface area contributed by atoms with Crippen molar-refractivity contribution in [1.29, 1.82) is 0 Å². The van der Waals surface area contributed by atoms with Gasteiger partial charge in [-0.2, -0.15) is 0 Å². The van der Waals surface area contributed by atoms with Gasteiger partial charge in [0.2, 0.25) is 0 Å². The molecule has 13 heavy (non-hydrogen) atoms. The number of aryl methyl sites for hydroxylation is 1. The zero-order valence-electron chi connectivity index (χ0n) is 7.68.